The molecule has 3 rings (SSSR count). The predicted molar refractivity (Wildman–Crippen MR) is 73.4 cm³/mol. The number of aliphatic hydroxyl groups excluding tert-OH is 3. The van der Waals surface area contributed by atoms with Crippen molar-refractivity contribution in [3.8, 4) is 0 Å². The van der Waals surface area contributed by atoms with Gasteiger partial charge in [0.1, 0.15) is 18.3 Å². The number of nitrogens with zero attached hydrogens (tertiary/aromatic N) is 4. The zero-order valence-electron chi connectivity index (χ0n) is 11.6. The number of nitrogens with one attached hydrogen (secondary N) is 1. The van der Waals surface area contributed by atoms with Crippen LogP contribution < -0.4 is 11.2 Å². The maximum Gasteiger partial charge on any atom is 0.224 e. The van der Waals surface area contributed by atoms with Gasteiger partial charge in [0.25, 0.3) is 0 Å². The molecule has 0 bridgehead atoms. The Bertz CT molecular complexity index is 678. The van der Waals surface area contributed by atoms with E-state index in [1.807, 2.05) is 0 Å². The van der Waals surface area contributed by atoms with Crippen LogP contribution in [0.15, 0.2) is 6.33 Å². The molecule has 1 saturated heterocycles. The van der Waals surface area contributed by atoms with Crippen LogP contribution in [0.4, 0.5) is 11.8 Å². The van der Waals surface area contributed by atoms with Gasteiger partial charge in [-0.2, -0.15) is 9.97 Å². The lowest BCUT2D eigenvalue weighted by atomic mass is 10.1. The first-order valence-corrected chi connectivity index (χ1v) is 6.48. The Hall–Kier alpha value is -2.05. The van der Waals surface area contributed by atoms with Crippen molar-refractivity contribution in [1.29, 1.82) is 0 Å². The smallest absolute Gasteiger partial charge is 0.224 e. The lowest BCUT2D eigenvalue weighted by Crippen LogP contribution is -2.33. The fourth-order valence-corrected chi connectivity index (χ4v) is 2.40. The van der Waals surface area contributed by atoms with Crippen LogP contribution in [0.25, 0.3) is 11.2 Å². The number of anilines is 2. The Balaban J connectivity index is 2.05. The lowest BCUT2D eigenvalue weighted by Gasteiger charge is -2.16. The number of aromatic nitrogens is 4. The minimum atomic E-state index is -1.25. The summed E-state index contributed by atoms with van der Waals surface area (Å²) >= 11 is 0. The zero-order valence-corrected chi connectivity index (χ0v) is 11.6. The highest BCUT2D eigenvalue weighted by molar-refractivity contribution is 5.83. The Morgan fingerprint density at radius 2 is 2.18 bits per heavy atom. The van der Waals surface area contributed by atoms with E-state index in [0.717, 1.165) is 0 Å². The number of hydrogen-bond donors (Lipinski definition) is 5. The molecule has 120 valence electrons. The van der Waals surface area contributed by atoms with E-state index in [0.29, 0.717) is 11.2 Å². The maximum atomic E-state index is 10.1. The van der Waals surface area contributed by atoms with Crippen LogP contribution >= 0.6 is 0 Å². The topological polar surface area (TPSA) is 161 Å². The SMILES string of the molecule is CONc1nc(N)nc2c1ncn2C1O[C@H](CO)[C@@H](O)[C@H]1O. The van der Waals surface area contributed by atoms with Gasteiger partial charge in [-0.05, 0) is 0 Å². The van der Waals surface area contributed by atoms with Gasteiger partial charge in [0.05, 0.1) is 20.0 Å². The minimum Gasteiger partial charge on any atom is -0.394 e. The molecule has 1 aliphatic rings. The van der Waals surface area contributed by atoms with Gasteiger partial charge < -0.3 is 25.8 Å². The maximum absolute atomic E-state index is 10.1. The van der Waals surface area contributed by atoms with Crippen molar-refractivity contribution in [3.05, 3.63) is 6.33 Å². The predicted octanol–water partition coefficient (Wildman–Crippen LogP) is -2.01. The average molecular weight is 312 g/mol. The van der Waals surface area contributed by atoms with Crippen LogP contribution in [0.2, 0.25) is 0 Å². The molecule has 22 heavy (non-hydrogen) atoms. The van der Waals surface area contributed by atoms with E-state index in [1.165, 1.54) is 18.0 Å². The summed E-state index contributed by atoms with van der Waals surface area (Å²) in [7, 11) is 1.41. The molecule has 4 atom stereocenters. The first-order valence-electron chi connectivity index (χ1n) is 6.48. The summed E-state index contributed by atoms with van der Waals surface area (Å²) < 4.78 is 6.86. The monoisotopic (exact) mass is 312 g/mol. The molecule has 1 unspecified atom stereocenters. The second kappa shape index (κ2) is 5.62. The normalized spacial score (nSPS) is 28.4. The van der Waals surface area contributed by atoms with Crippen molar-refractivity contribution >= 4 is 22.9 Å². The molecule has 0 spiro atoms. The van der Waals surface area contributed by atoms with Gasteiger partial charge in [-0.15, -0.1) is 0 Å². The Morgan fingerprint density at radius 3 is 2.82 bits per heavy atom. The van der Waals surface area contributed by atoms with E-state index in [4.69, 9.17) is 20.4 Å². The molecule has 11 nitrogen and oxygen atoms in total. The molecule has 0 aromatic carbocycles. The van der Waals surface area contributed by atoms with Crippen molar-refractivity contribution in [3.63, 3.8) is 0 Å². The molecule has 2 aromatic heterocycles. The summed E-state index contributed by atoms with van der Waals surface area (Å²) in [6.45, 7) is -0.422. The Morgan fingerprint density at radius 1 is 1.41 bits per heavy atom. The summed E-state index contributed by atoms with van der Waals surface area (Å²) in [5.74, 6) is 0.232. The standard InChI is InChI=1S/C11H16N6O5/c1-21-16-8-5-9(15-11(12)14-8)17(3-13-5)10-7(20)6(19)4(2-18)22-10/h3-4,6-7,10,18-20H,2H2,1H3,(H3,12,14,15,16)/t4-,6-,7-,10?/m1/s1. The number of ether oxygens (including phenoxy) is 1. The lowest BCUT2D eigenvalue weighted by molar-refractivity contribution is -0.0511. The molecule has 0 radical (unpaired) electrons. The number of aliphatic hydroxyl groups is 3. The van der Waals surface area contributed by atoms with Crippen LogP contribution in [0.5, 0.6) is 0 Å². The van der Waals surface area contributed by atoms with Crippen LogP contribution in [-0.4, -0.2) is 66.9 Å². The third-order valence-corrected chi connectivity index (χ3v) is 3.43. The van der Waals surface area contributed by atoms with E-state index in [-0.39, 0.29) is 11.8 Å². The van der Waals surface area contributed by atoms with Crippen molar-refractivity contribution in [2.75, 3.05) is 24.9 Å². The van der Waals surface area contributed by atoms with Crippen LogP contribution in [0, 0.1) is 0 Å². The van der Waals surface area contributed by atoms with Crippen molar-refractivity contribution in [2.24, 2.45) is 0 Å². The minimum absolute atomic E-state index is 0.0273. The summed E-state index contributed by atoms with van der Waals surface area (Å²) in [4.78, 5) is 17.0. The van der Waals surface area contributed by atoms with Crippen molar-refractivity contribution < 1.29 is 24.9 Å². The summed E-state index contributed by atoms with van der Waals surface area (Å²) in [6, 6.07) is 0. The van der Waals surface area contributed by atoms with E-state index in [1.54, 1.807) is 0 Å². The first kappa shape index (κ1) is 14.9. The van der Waals surface area contributed by atoms with Crippen LogP contribution in [-0.2, 0) is 9.57 Å². The third kappa shape index (κ3) is 2.24. The van der Waals surface area contributed by atoms with E-state index in [2.05, 4.69) is 20.4 Å². The molecule has 0 amide bonds. The highest BCUT2D eigenvalue weighted by Gasteiger charge is 2.44. The van der Waals surface area contributed by atoms with Gasteiger partial charge in [-0.1, -0.05) is 0 Å². The van der Waals surface area contributed by atoms with Crippen molar-refractivity contribution in [2.45, 2.75) is 24.5 Å². The Labute approximate surface area is 124 Å². The summed E-state index contributed by atoms with van der Waals surface area (Å²) in [5.41, 5.74) is 8.83. The molecule has 11 heteroatoms. The summed E-state index contributed by atoms with van der Waals surface area (Å²) in [5, 5.41) is 29.1. The fraction of sp³-hybridized carbons (Fsp3) is 0.545. The molecule has 1 fully saturated rings. The second-order valence-corrected chi connectivity index (χ2v) is 4.79. The quantitative estimate of drug-likeness (QED) is 0.399. The molecular formula is C11H16N6O5. The number of rotatable bonds is 4. The number of hydrogen-bond acceptors (Lipinski definition) is 10. The number of nitrogens with two attached hydrogens (primary N) is 1. The summed E-state index contributed by atoms with van der Waals surface area (Å²) in [6.07, 6.45) is -2.94. The molecule has 2 aromatic rings. The van der Waals surface area contributed by atoms with E-state index >= 15 is 0 Å². The van der Waals surface area contributed by atoms with Gasteiger partial charge >= 0.3 is 0 Å². The molecule has 3 heterocycles. The molecular weight excluding hydrogens is 296 g/mol. The van der Waals surface area contributed by atoms with E-state index in [9.17, 15) is 10.2 Å². The van der Waals surface area contributed by atoms with Gasteiger partial charge in [-0.3, -0.25) is 9.40 Å². The largest absolute Gasteiger partial charge is 0.394 e. The van der Waals surface area contributed by atoms with Gasteiger partial charge in [0, 0.05) is 0 Å². The van der Waals surface area contributed by atoms with Gasteiger partial charge in [0.15, 0.2) is 23.2 Å². The molecule has 0 saturated carbocycles. The first-order chi connectivity index (χ1) is 10.6. The van der Waals surface area contributed by atoms with Crippen LogP contribution in [0.3, 0.4) is 0 Å². The highest BCUT2D eigenvalue weighted by atomic mass is 16.6. The fourth-order valence-electron chi connectivity index (χ4n) is 2.40. The third-order valence-electron chi connectivity index (χ3n) is 3.43. The number of fused-ring (bicyclic) bond motifs is 1. The Kier molecular flexibility index (Phi) is 3.80. The van der Waals surface area contributed by atoms with Gasteiger partial charge in [0.2, 0.25) is 5.95 Å². The molecule has 0 aliphatic carbocycles. The van der Waals surface area contributed by atoms with Gasteiger partial charge in [-0.25, -0.2) is 10.5 Å². The zero-order chi connectivity index (χ0) is 15.9. The van der Waals surface area contributed by atoms with E-state index < -0.39 is 31.1 Å². The number of imidazole rings is 1. The average Bonchev–Trinajstić information content (AvgIpc) is 3.02. The number of nitrogen functional groups attached to an aromatic ring is 1. The molecule has 1 aliphatic heterocycles. The van der Waals surface area contributed by atoms with Crippen LogP contribution in [0.1, 0.15) is 6.23 Å². The highest BCUT2D eigenvalue weighted by Crippen LogP contribution is 2.32. The second-order valence-electron chi connectivity index (χ2n) is 4.79. The van der Waals surface area contributed by atoms with Crippen molar-refractivity contribution in [1.82, 2.24) is 19.5 Å². The molecule has 6 N–H and O–H groups in total.